The van der Waals surface area contributed by atoms with Crippen LogP contribution in [0.3, 0.4) is 0 Å². The van der Waals surface area contributed by atoms with Crippen LogP contribution in [0.4, 0.5) is 5.69 Å². The van der Waals surface area contributed by atoms with E-state index in [1.165, 1.54) is 16.8 Å². The van der Waals surface area contributed by atoms with Gasteiger partial charge in [-0.3, -0.25) is 9.79 Å². The minimum absolute atomic E-state index is 0.0456. The molecule has 1 aromatic carbocycles. The van der Waals surface area contributed by atoms with Gasteiger partial charge in [-0.15, -0.1) is 0 Å². The van der Waals surface area contributed by atoms with Crippen molar-refractivity contribution in [3.05, 3.63) is 92.9 Å². The summed E-state index contributed by atoms with van der Waals surface area (Å²) in [4.78, 5) is 22.3. The number of para-hydroxylation sites is 1. The first kappa shape index (κ1) is 20.1. The fourth-order valence-corrected chi connectivity index (χ4v) is 5.01. The van der Waals surface area contributed by atoms with E-state index in [-0.39, 0.29) is 11.5 Å². The van der Waals surface area contributed by atoms with Crippen molar-refractivity contribution in [2.45, 2.75) is 32.2 Å². The summed E-state index contributed by atoms with van der Waals surface area (Å²) in [7, 11) is 4.10. The number of hydrogen-bond acceptors (Lipinski definition) is 3. The molecule has 0 aliphatic heterocycles. The number of fused-ring (bicyclic) bond motifs is 4. The number of aliphatic imine (C=N–C) groups is 1. The minimum Gasteiger partial charge on any atom is -0.377 e. The Hall–Kier alpha value is -3.14. The molecule has 0 fully saturated rings. The Bertz CT molecular complexity index is 1130. The molecule has 0 amide bonds. The van der Waals surface area contributed by atoms with Crippen molar-refractivity contribution in [3.63, 3.8) is 0 Å². The topological polar surface area (TPSA) is 48.5 Å². The molecule has 2 aromatic rings. The van der Waals surface area contributed by atoms with E-state index >= 15 is 0 Å². The number of anilines is 1. The molecule has 2 bridgehead atoms. The first-order valence-electron chi connectivity index (χ1n) is 10.5. The second-order valence-corrected chi connectivity index (χ2v) is 8.41. The van der Waals surface area contributed by atoms with Crippen LogP contribution in [-0.2, 0) is 12.0 Å². The molecule has 0 radical (unpaired) electrons. The number of benzene rings is 1. The fourth-order valence-electron chi connectivity index (χ4n) is 5.01. The van der Waals surface area contributed by atoms with Crippen LogP contribution in [0.15, 0.2) is 75.6 Å². The number of H-pyrrole nitrogens is 1. The Morgan fingerprint density at radius 3 is 2.77 bits per heavy atom. The zero-order valence-corrected chi connectivity index (χ0v) is 18.1. The average molecular weight is 400 g/mol. The summed E-state index contributed by atoms with van der Waals surface area (Å²) in [5.41, 5.74) is 6.65. The van der Waals surface area contributed by atoms with Gasteiger partial charge < -0.3 is 9.88 Å². The molecule has 2 aliphatic rings. The van der Waals surface area contributed by atoms with Crippen LogP contribution in [0.1, 0.15) is 37.1 Å². The van der Waals surface area contributed by atoms with Crippen LogP contribution in [0.2, 0.25) is 0 Å². The maximum atomic E-state index is 11.9. The van der Waals surface area contributed by atoms with Gasteiger partial charge in [-0.2, -0.15) is 0 Å². The number of hydrogen-bond donors (Lipinski definition) is 1. The summed E-state index contributed by atoms with van der Waals surface area (Å²) in [6, 6.07) is 11.9. The number of aromatic nitrogens is 1. The van der Waals surface area contributed by atoms with Gasteiger partial charge in [0.1, 0.15) is 5.54 Å². The molecule has 1 N–H and O–H groups in total. The largest absolute Gasteiger partial charge is 0.377 e. The number of allylic oxidation sites excluding steroid dienone is 3. The number of pyridine rings is 1. The molecule has 1 heterocycles. The van der Waals surface area contributed by atoms with Gasteiger partial charge in [-0.1, -0.05) is 42.0 Å². The first-order chi connectivity index (χ1) is 14.4. The van der Waals surface area contributed by atoms with Crippen molar-refractivity contribution in [1.82, 2.24) is 4.98 Å². The lowest BCUT2D eigenvalue weighted by atomic mass is 9.63. The van der Waals surface area contributed by atoms with Crippen molar-refractivity contribution in [2.75, 3.05) is 19.0 Å². The second kappa shape index (κ2) is 7.94. The molecule has 4 rings (SSSR count). The Balaban J connectivity index is 1.76. The number of rotatable bonds is 4. The van der Waals surface area contributed by atoms with Gasteiger partial charge in [0.15, 0.2) is 0 Å². The van der Waals surface area contributed by atoms with Crippen LogP contribution < -0.4 is 10.5 Å². The highest BCUT2D eigenvalue weighted by atomic mass is 16.1. The van der Waals surface area contributed by atoms with Crippen molar-refractivity contribution >= 4 is 18.0 Å². The molecule has 0 saturated heterocycles. The summed E-state index contributed by atoms with van der Waals surface area (Å²) in [5, 5.41) is 0. The average Bonchev–Trinajstić information content (AvgIpc) is 2.70. The third-order valence-electron chi connectivity index (χ3n) is 6.15. The highest BCUT2D eigenvalue weighted by Crippen LogP contribution is 2.51. The van der Waals surface area contributed by atoms with Crippen molar-refractivity contribution in [1.29, 1.82) is 0 Å². The first-order valence-corrected chi connectivity index (χ1v) is 10.5. The van der Waals surface area contributed by atoms with Gasteiger partial charge >= 0.3 is 0 Å². The zero-order valence-electron chi connectivity index (χ0n) is 18.1. The number of nitrogens with zero attached hydrogens (tertiary/aromatic N) is 2. The normalized spacial score (nSPS) is 24.3. The molecule has 0 saturated carbocycles. The predicted octanol–water partition coefficient (Wildman–Crippen LogP) is 4.89. The second-order valence-electron chi connectivity index (χ2n) is 8.41. The molecule has 2 aliphatic carbocycles. The molecule has 30 heavy (non-hydrogen) atoms. The van der Waals surface area contributed by atoms with Gasteiger partial charge in [0.2, 0.25) is 5.56 Å². The molecule has 0 unspecified atom stereocenters. The summed E-state index contributed by atoms with van der Waals surface area (Å²) in [6.07, 6.45) is 12.3. The Kier molecular flexibility index (Phi) is 5.33. The van der Waals surface area contributed by atoms with E-state index in [4.69, 9.17) is 4.99 Å². The summed E-state index contributed by atoms with van der Waals surface area (Å²) in [6.45, 7) is 4.28. The lowest BCUT2D eigenvalue weighted by Crippen LogP contribution is -2.40. The van der Waals surface area contributed by atoms with E-state index in [1.807, 2.05) is 24.4 Å². The standard InChI is InChI=1S/C26H29N3O/c1-5-21-20-15-18(2)17-26(21,22-12-13-25(30)28-23(22)16-20)27-14-8-10-19-9-6-7-11-24(19)29(3)4/h5-15,20H,16-17H2,1-4H3,(H,28,30)/b10-8+,21-5+,27-14+/t20-,26+/m0/s1. The lowest BCUT2D eigenvalue weighted by molar-refractivity contribution is 0.413. The minimum atomic E-state index is -0.443. The van der Waals surface area contributed by atoms with Crippen molar-refractivity contribution in [3.8, 4) is 0 Å². The van der Waals surface area contributed by atoms with Gasteiger partial charge in [-0.05, 0) is 49.6 Å². The molecule has 2 atom stereocenters. The summed E-state index contributed by atoms with van der Waals surface area (Å²) < 4.78 is 0. The van der Waals surface area contributed by atoms with Crippen molar-refractivity contribution < 1.29 is 0 Å². The molecule has 154 valence electrons. The van der Waals surface area contributed by atoms with E-state index < -0.39 is 5.54 Å². The molecule has 4 heteroatoms. The quantitative estimate of drug-likeness (QED) is 0.588. The molecular formula is C26H29N3O. The molecule has 0 spiro atoms. The van der Waals surface area contributed by atoms with Crippen LogP contribution in [0.25, 0.3) is 6.08 Å². The predicted molar refractivity (Wildman–Crippen MR) is 126 cm³/mol. The summed E-state index contributed by atoms with van der Waals surface area (Å²) in [5.74, 6) is 0.282. The number of nitrogens with one attached hydrogen (secondary N) is 1. The maximum Gasteiger partial charge on any atom is 0.248 e. The third-order valence-corrected chi connectivity index (χ3v) is 6.15. The SMILES string of the molecule is C/C=C1\[C@H]2C=C(C)C[C@]1(/N=C/C=C/c1ccccc1N(C)C)c1ccc(=O)[nH]c1C2. The van der Waals surface area contributed by atoms with Crippen LogP contribution in [-0.4, -0.2) is 25.3 Å². The van der Waals surface area contributed by atoms with E-state index in [0.717, 1.165) is 29.7 Å². The van der Waals surface area contributed by atoms with Crippen molar-refractivity contribution in [2.24, 2.45) is 10.9 Å². The molecule has 1 aromatic heterocycles. The van der Waals surface area contributed by atoms with Gasteiger partial charge in [-0.25, -0.2) is 0 Å². The van der Waals surface area contributed by atoms with Gasteiger partial charge in [0, 0.05) is 55.7 Å². The maximum absolute atomic E-state index is 11.9. The van der Waals surface area contributed by atoms with Gasteiger partial charge in [0.25, 0.3) is 0 Å². The zero-order chi connectivity index (χ0) is 21.3. The monoisotopic (exact) mass is 399 g/mol. The molecule has 4 nitrogen and oxygen atoms in total. The highest BCUT2D eigenvalue weighted by molar-refractivity contribution is 5.82. The Morgan fingerprint density at radius 2 is 2.00 bits per heavy atom. The third kappa shape index (κ3) is 3.47. The Labute approximate surface area is 178 Å². The smallest absolute Gasteiger partial charge is 0.248 e. The van der Waals surface area contributed by atoms with Gasteiger partial charge in [0.05, 0.1) is 0 Å². The number of aromatic amines is 1. The summed E-state index contributed by atoms with van der Waals surface area (Å²) >= 11 is 0. The fraction of sp³-hybridized carbons (Fsp3) is 0.308. The van der Waals surface area contributed by atoms with E-state index in [2.05, 4.69) is 74.3 Å². The lowest BCUT2D eigenvalue weighted by Gasteiger charge is -2.45. The van der Waals surface area contributed by atoms with E-state index in [1.54, 1.807) is 6.07 Å². The van der Waals surface area contributed by atoms with Crippen LogP contribution in [0.5, 0.6) is 0 Å². The Morgan fingerprint density at radius 1 is 1.20 bits per heavy atom. The molecular weight excluding hydrogens is 370 g/mol. The van der Waals surface area contributed by atoms with Crippen LogP contribution >= 0.6 is 0 Å². The van der Waals surface area contributed by atoms with E-state index in [0.29, 0.717) is 0 Å². The highest BCUT2D eigenvalue weighted by Gasteiger charge is 2.46. The van der Waals surface area contributed by atoms with Crippen LogP contribution in [0, 0.1) is 5.92 Å². The van der Waals surface area contributed by atoms with E-state index in [9.17, 15) is 4.79 Å².